The van der Waals surface area contributed by atoms with Gasteiger partial charge in [-0.2, -0.15) is 0 Å². The maximum Gasteiger partial charge on any atom is 0.409 e. The molecule has 0 N–H and O–H groups in total. The molecule has 0 atom stereocenters. The average molecular weight is 437 g/mol. The molecule has 32 heavy (non-hydrogen) atoms. The molecule has 2 aromatic carbocycles. The number of ether oxygens (including phenoxy) is 2. The Bertz CT molecular complexity index is 1030. The lowest BCUT2D eigenvalue weighted by Gasteiger charge is -2.34. The van der Waals surface area contributed by atoms with Gasteiger partial charge in [-0.05, 0) is 49.2 Å². The average Bonchev–Trinajstić information content (AvgIpc) is 2.81. The molecule has 168 valence electrons. The zero-order valence-corrected chi connectivity index (χ0v) is 18.4. The van der Waals surface area contributed by atoms with Crippen LogP contribution >= 0.6 is 0 Å². The van der Waals surface area contributed by atoms with E-state index in [4.69, 9.17) is 9.47 Å². The maximum atomic E-state index is 13.0. The smallest absolute Gasteiger partial charge is 0.409 e. The highest BCUT2D eigenvalue weighted by molar-refractivity contribution is 5.98. The van der Waals surface area contributed by atoms with Crippen molar-refractivity contribution in [3.63, 3.8) is 0 Å². The predicted molar refractivity (Wildman–Crippen MR) is 119 cm³/mol. The summed E-state index contributed by atoms with van der Waals surface area (Å²) in [6.07, 6.45) is -0.340. The minimum absolute atomic E-state index is 0.000570. The van der Waals surface area contributed by atoms with Gasteiger partial charge >= 0.3 is 6.09 Å². The Hall–Kier alpha value is -3.55. The van der Waals surface area contributed by atoms with E-state index >= 15 is 0 Å². The van der Waals surface area contributed by atoms with Crippen molar-refractivity contribution in [3.05, 3.63) is 59.2 Å². The lowest BCUT2D eigenvalue weighted by atomic mass is 10.1. The summed E-state index contributed by atoms with van der Waals surface area (Å²) in [6.45, 7) is 6.24. The molecule has 2 aliphatic rings. The lowest BCUT2D eigenvalue weighted by Crippen LogP contribution is -2.50. The Morgan fingerprint density at radius 3 is 2.53 bits per heavy atom. The third-order valence-corrected chi connectivity index (χ3v) is 5.66. The molecule has 3 amide bonds. The van der Waals surface area contributed by atoms with Crippen molar-refractivity contribution in [2.24, 2.45) is 0 Å². The van der Waals surface area contributed by atoms with Gasteiger partial charge in [-0.25, -0.2) is 4.79 Å². The van der Waals surface area contributed by atoms with Crippen LogP contribution in [0.25, 0.3) is 0 Å². The van der Waals surface area contributed by atoms with Gasteiger partial charge in [-0.3, -0.25) is 9.59 Å². The van der Waals surface area contributed by atoms with E-state index in [0.717, 1.165) is 16.8 Å². The van der Waals surface area contributed by atoms with Gasteiger partial charge in [0.1, 0.15) is 5.75 Å². The SMILES string of the molecule is CCOC(=O)N1CCN(C(=O)c2cccc(CN3C(=O)COc4ccc(C)cc43)c2)CC1. The molecule has 2 aromatic rings. The minimum Gasteiger partial charge on any atom is -0.482 e. The Labute approximate surface area is 187 Å². The molecule has 0 bridgehead atoms. The molecule has 0 radical (unpaired) electrons. The number of nitrogens with zero attached hydrogens (tertiary/aromatic N) is 3. The first-order valence-corrected chi connectivity index (χ1v) is 10.8. The fraction of sp³-hybridized carbons (Fsp3) is 0.375. The first kappa shape index (κ1) is 21.7. The number of carbonyl (C=O) groups is 3. The molecule has 0 unspecified atom stereocenters. The van der Waals surface area contributed by atoms with Crippen LogP contribution in [0.3, 0.4) is 0 Å². The van der Waals surface area contributed by atoms with Crippen molar-refractivity contribution in [1.29, 1.82) is 0 Å². The zero-order valence-electron chi connectivity index (χ0n) is 18.4. The molecular weight excluding hydrogens is 410 g/mol. The van der Waals surface area contributed by atoms with Crippen molar-refractivity contribution < 1.29 is 23.9 Å². The number of aryl methyl sites for hydroxylation is 1. The monoisotopic (exact) mass is 437 g/mol. The Balaban J connectivity index is 1.46. The number of hydrogen-bond donors (Lipinski definition) is 0. The van der Waals surface area contributed by atoms with Crippen LogP contribution in [0.5, 0.6) is 5.75 Å². The number of hydrogen-bond acceptors (Lipinski definition) is 5. The van der Waals surface area contributed by atoms with Gasteiger partial charge in [-0.1, -0.05) is 18.2 Å². The van der Waals surface area contributed by atoms with E-state index < -0.39 is 0 Å². The third kappa shape index (κ3) is 4.54. The predicted octanol–water partition coefficient (Wildman–Crippen LogP) is 2.83. The maximum absolute atomic E-state index is 13.0. The van der Waals surface area contributed by atoms with Crippen LogP contribution in [0.1, 0.15) is 28.4 Å². The van der Waals surface area contributed by atoms with Crippen LogP contribution in [-0.2, 0) is 16.1 Å². The van der Waals surface area contributed by atoms with E-state index in [9.17, 15) is 14.4 Å². The molecule has 8 heteroatoms. The number of amides is 3. The highest BCUT2D eigenvalue weighted by atomic mass is 16.6. The molecule has 2 heterocycles. The zero-order chi connectivity index (χ0) is 22.7. The van der Waals surface area contributed by atoms with Gasteiger partial charge in [-0.15, -0.1) is 0 Å². The largest absolute Gasteiger partial charge is 0.482 e. The number of benzene rings is 2. The van der Waals surface area contributed by atoms with Crippen LogP contribution < -0.4 is 9.64 Å². The Kier molecular flexibility index (Phi) is 6.30. The van der Waals surface area contributed by atoms with E-state index in [1.807, 2.05) is 43.3 Å². The van der Waals surface area contributed by atoms with E-state index in [1.165, 1.54) is 0 Å². The van der Waals surface area contributed by atoms with Gasteiger partial charge in [0.05, 0.1) is 18.8 Å². The standard InChI is InChI=1S/C24H27N3O5/c1-3-31-24(30)26-11-9-25(10-12-26)23(29)19-6-4-5-18(14-19)15-27-20-13-17(2)7-8-21(20)32-16-22(27)28/h4-8,13-14H,3,9-12,15-16H2,1-2H3. The summed E-state index contributed by atoms with van der Waals surface area (Å²) in [5.74, 6) is 0.483. The number of fused-ring (bicyclic) bond motifs is 1. The molecule has 1 fully saturated rings. The fourth-order valence-corrected chi connectivity index (χ4v) is 3.96. The summed E-state index contributed by atoms with van der Waals surface area (Å²) in [5.41, 5.74) is 3.21. The summed E-state index contributed by atoms with van der Waals surface area (Å²) < 4.78 is 10.6. The highest BCUT2D eigenvalue weighted by Crippen LogP contribution is 2.34. The number of piperazine rings is 1. The molecule has 2 aliphatic heterocycles. The molecule has 8 nitrogen and oxygen atoms in total. The topological polar surface area (TPSA) is 79.4 Å². The molecule has 0 saturated carbocycles. The summed E-state index contributed by atoms with van der Waals surface area (Å²) in [6, 6.07) is 13.1. The first-order chi connectivity index (χ1) is 15.5. The van der Waals surface area contributed by atoms with Gasteiger partial charge < -0.3 is 24.2 Å². The fourth-order valence-electron chi connectivity index (χ4n) is 3.96. The number of carbonyl (C=O) groups excluding carboxylic acids is 3. The number of anilines is 1. The molecule has 4 rings (SSSR count). The van der Waals surface area contributed by atoms with Crippen molar-refractivity contribution in [2.75, 3.05) is 44.3 Å². The number of rotatable bonds is 4. The minimum atomic E-state index is -0.340. The summed E-state index contributed by atoms with van der Waals surface area (Å²) in [4.78, 5) is 42.5. The normalized spacial score (nSPS) is 15.8. The van der Waals surface area contributed by atoms with Crippen LogP contribution in [0.4, 0.5) is 10.5 Å². The molecule has 1 saturated heterocycles. The van der Waals surface area contributed by atoms with Crippen LogP contribution in [0.15, 0.2) is 42.5 Å². The van der Waals surface area contributed by atoms with Crippen LogP contribution in [0.2, 0.25) is 0 Å². The first-order valence-electron chi connectivity index (χ1n) is 10.8. The second kappa shape index (κ2) is 9.30. The van der Waals surface area contributed by atoms with Crippen molar-refractivity contribution in [2.45, 2.75) is 20.4 Å². The highest BCUT2D eigenvalue weighted by Gasteiger charge is 2.27. The quantitative estimate of drug-likeness (QED) is 0.735. The van der Waals surface area contributed by atoms with Crippen molar-refractivity contribution >= 4 is 23.6 Å². The summed E-state index contributed by atoms with van der Waals surface area (Å²) >= 11 is 0. The van der Waals surface area contributed by atoms with E-state index in [2.05, 4.69) is 0 Å². The van der Waals surface area contributed by atoms with E-state index in [1.54, 1.807) is 27.7 Å². The Morgan fingerprint density at radius 1 is 1.03 bits per heavy atom. The Morgan fingerprint density at radius 2 is 1.78 bits per heavy atom. The van der Waals surface area contributed by atoms with Crippen LogP contribution in [-0.4, -0.2) is 67.1 Å². The lowest BCUT2D eigenvalue weighted by molar-refractivity contribution is -0.121. The van der Waals surface area contributed by atoms with Crippen molar-refractivity contribution in [3.8, 4) is 5.75 Å². The molecule has 0 aromatic heterocycles. The van der Waals surface area contributed by atoms with E-state index in [-0.39, 0.29) is 24.5 Å². The van der Waals surface area contributed by atoms with Gasteiger partial charge in [0, 0.05) is 31.7 Å². The second-order valence-corrected chi connectivity index (χ2v) is 7.92. The molecular formula is C24H27N3O5. The van der Waals surface area contributed by atoms with Crippen LogP contribution in [0, 0.1) is 6.92 Å². The molecule has 0 spiro atoms. The second-order valence-electron chi connectivity index (χ2n) is 7.92. The molecule has 0 aliphatic carbocycles. The summed E-state index contributed by atoms with van der Waals surface area (Å²) in [7, 11) is 0. The van der Waals surface area contributed by atoms with E-state index in [0.29, 0.717) is 50.6 Å². The van der Waals surface area contributed by atoms with Crippen molar-refractivity contribution in [1.82, 2.24) is 9.80 Å². The third-order valence-electron chi connectivity index (χ3n) is 5.66. The van der Waals surface area contributed by atoms with Gasteiger partial charge in [0.15, 0.2) is 6.61 Å². The van der Waals surface area contributed by atoms with Gasteiger partial charge in [0.2, 0.25) is 0 Å². The summed E-state index contributed by atoms with van der Waals surface area (Å²) in [5, 5.41) is 0. The van der Waals surface area contributed by atoms with Gasteiger partial charge in [0.25, 0.3) is 11.8 Å².